The standard InChI is InChI=1S/C20H22F3NO/c1-15(24-19(25)17-9-3-2-4-10-17)7-5-6-8-16-11-13-18(14-12-16)20(21,22)23/h2-4,9-15H,5-8H2,1H3,(H,24,25)/t15-/m1/s1. The Morgan fingerprint density at radius 2 is 1.64 bits per heavy atom. The molecule has 0 fully saturated rings. The molecule has 0 aliphatic rings. The van der Waals surface area contributed by atoms with Crippen LogP contribution in [0.2, 0.25) is 0 Å². The minimum atomic E-state index is -4.29. The van der Waals surface area contributed by atoms with Gasteiger partial charge >= 0.3 is 6.18 Å². The fourth-order valence-electron chi connectivity index (χ4n) is 2.61. The van der Waals surface area contributed by atoms with Gasteiger partial charge in [-0.3, -0.25) is 4.79 Å². The summed E-state index contributed by atoms with van der Waals surface area (Å²) in [6, 6.07) is 14.4. The SMILES string of the molecule is C[C@H](CCCCc1ccc(C(F)(F)F)cc1)NC(=O)c1ccccc1. The first-order chi connectivity index (χ1) is 11.9. The van der Waals surface area contributed by atoms with Gasteiger partial charge in [0.15, 0.2) is 0 Å². The number of carbonyl (C=O) groups is 1. The van der Waals surface area contributed by atoms with Crippen molar-refractivity contribution in [3.8, 4) is 0 Å². The lowest BCUT2D eigenvalue weighted by Crippen LogP contribution is -2.32. The molecule has 2 nitrogen and oxygen atoms in total. The molecular weight excluding hydrogens is 327 g/mol. The van der Waals surface area contributed by atoms with Crippen molar-refractivity contribution in [3.63, 3.8) is 0 Å². The second kappa shape index (κ2) is 8.70. The summed E-state index contributed by atoms with van der Waals surface area (Å²) in [5, 5.41) is 2.95. The van der Waals surface area contributed by atoms with Gasteiger partial charge in [-0.15, -0.1) is 0 Å². The van der Waals surface area contributed by atoms with E-state index >= 15 is 0 Å². The van der Waals surface area contributed by atoms with E-state index in [1.807, 2.05) is 25.1 Å². The Kier molecular flexibility index (Phi) is 6.62. The largest absolute Gasteiger partial charge is 0.416 e. The van der Waals surface area contributed by atoms with E-state index in [1.165, 1.54) is 12.1 Å². The number of nitrogens with one attached hydrogen (secondary N) is 1. The maximum Gasteiger partial charge on any atom is 0.416 e. The molecule has 0 saturated heterocycles. The lowest BCUT2D eigenvalue weighted by Gasteiger charge is -2.14. The normalized spacial score (nSPS) is 12.6. The molecule has 1 atom stereocenters. The molecule has 0 aliphatic carbocycles. The van der Waals surface area contributed by atoms with Crippen molar-refractivity contribution < 1.29 is 18.0 Å². The summed E-state index contributed by atoms with van der Waals surface area (Å²) in [5.74, 6) is -0.0872. The molecule has 0 spiro atoms. The lowest BCUT2D eigenvalue weighted by atomic mass is 10.0. The molecule has 2 rings (SSSR count). The van der Waals surface area contributed by atoms with Crippen molar-refractivity contribution in [1.82, 2.24) is 5.32 Å². The van der Waals surface area contributed by atoms with Crippen LogP contribution >= 0.6 is 0 Å². The van der Waals surface area contributed by atoms with Gasteiger partial charge in [0.1, 0.15) is 0 Å². The highest BCUT2D eigenvalue weighted by atomic mass is 19.4. The van der Waals surface area contributed by atoms with E-state index in [1.54, 1.807) is 12.1 Å². The molecular formula is C20H22F3NO. The van der Waals surface area contributed by atoms with Gasteiger partial charge in [0, 0.05) is 11.6 Å². The van der Waals surface area contributed by atoms with Crippen LogP contribution < -0.4 is 5.32 Å². The van der Waals surface area contributed by atoms with Crippen molar-refractivity contribution >= 4 is 5.91 Å². The van der Waals surface area contributed by atoms with E-state index in [2.05, 4.69) is 5.32 Å². The summed E-state index contributed by atoms with van der Waals surface area (Å²) >= 11 is 0. The highest BCUT2D eigenvalue weighted by Gasteiger charge is 2.29. The third-order valence-electron chi connectivity index (χ3n) is 4.05. The summed E-state index contributed by atoms with van der Waals surface area (Å²) < 4.78 is 37.5. The topological polar surface area (TPSA) is 29.1 Å². The highest BCUT2D eigenvalue weighted by molar-refractivity contribution is 5.94. The molecule has 0 radical (unpaired) electrons. The summed E-state index contributed by atoms with van der Waals surface area (Å²) in [7, 11) is 0. The third-order valence-corrected chi connectivity index (χ3v) is 4.05. The van der Waals surface area contributed by atoms with Crippen molar-refractivity contribution in [2.75, 3.05) is 0 Å². The molecule has 5 heteroatoms. The molecule has 0 heterocycles. The van der Waals surface area contributed by atoms with Crippen molar-refractivity contribution in [2.24, 2.45) is 0 Å². The molecule has 0 aromatic heterocycles. The number of halogens is 3. The highest BCUT2D eigenvalue weighted by Crippen LogP contribution is 2.29. The molecule has 1 amide bonds. The monoisotopic (exact) mass is 349 g/mol. The second-order valence-electron chi connectivity index (χ2n) is 6.18. The predicted molar refractivity (Wildman–Crippen MR) is 92.4 cm³/mol. The fraction of sp³-hybridized carbons (Fsp3) is 0.350. The summed E-state index contributed by atoms with van der Waals surface area (Å²) in [4.78, 5) is 12.0. The van der Waals surface area contributed by atoms with E-state index in [-0.39, 0.29) is 11.9 Å². The Balaban J connectivity index is 1.69. The zero-order valence-corrected chi connectivity index (χ0v) is 14.1. The van der Waals surface area contributed by atoms with Crippen molar-refractivity contribution in [1.29, 1.82) is 0 Å². The van der Waals surface area contributed by atoms with Crippen LogP contribution in [-0.2, 0) is 12.6 Å². The molecule has 25 heavy (non-hydrogen) atoms. The zero-order valence-electron chi connectivity index (χ0n) is 14.1. The Morgan fingerprint density at radius 3 is 2.24 bits per heavy atom. The minimum Gasteiger partial charge on any atom is -0.350 e. The maximum atomic E-state index is 12.5. The van der Waals surface area contributed by atoms with Crippen LogP contribution in [0, 0.1) is 0 Å². The molecule has 0 saturated carbocycles. The first kappa shape index (κ1) is 19.0. The van der Waals surface area contributed by atoms with Crippen LogP contribution in [0.3, 0.4) is 0 Å². The lowest BCUT2D eigenvalue weighted by molar-refractivity contribution is -0.137. The maximum absolute atomic E-state index is 12.5. The van der Waals surface area contributed by atoms with Gasteiger partial charge in [0.2, 0.25) is 0 Å². The van der Waals surface area contributed by atoms with Crippen LogP contribution in [0.1, 0.15) is 47.7 Å². The number of benzene rings is 2. The summed E-state index contributed by atoms with van der Waals surface area (Å²) in [5.41, 5.74) is 0.918. The molecule has 0 bridgehead atoms. The number of rotatable bonds is 7. The van der Waals surface area contributed by atoms with Crippen molar-refractivity contribution in [3.05, 3.63) is 71.3 Å². The number of alkyl halides is 3. The average molecular weight is 349 g/mol. The molecule has 0 aliphatic heterocycles. The molecule has 2 aromatic rings. The first-order valence-corrected chi connectivity index (χ1v) is 8.38. The molecule has 134 valence electrons. The van der Waals surface area contributed by atoms with Gasteiger partial charge in [-0.25, -0.2) is 0 Å². The van der Waals surface area contributed by atoms with Crippen LogP contribution in [0.25, 0.3) is 0 Å². The number of unbranched alkanes of at least 4 members (excludes halogenated alkanes) is 1. The molecule has 1 N–H and O–H groups in total. The predicted octanol–water partition coefficient (Wildman–Crippen LogP) is 5.24. The molecule has 0 unspecified atom stereocenters. The van der Waals surface area contributed by atoms with Gasteiger partial charge in [-0.2, -0.15) is 13.2 Å². The Morgan fingerprint density at radius 1 is 1.00 bits per heavy atom. The smallest absolute Gasteiger partial charge is 0.350 e. The van der Waals surface area contributed by atoms with Crippen molar-refractivity contribution in [2.45, 2.75) is 44.8 Å². The van der Waals surface area contributed by atoms with Gasteiger partial charge in [0.05, 0.1) is 5.56 Å². The Bertz CT molecular complexity index is 666. The number of carbonyl (C=O) groups excluding carboxylic acids is 1. The number of aryl methyl sites for hydroxylation is 1. The second-order valence-corrected chi connectivity index (χ2v) is 6.18. The van der Waals surface area contributed by atoms with E-state index in [9.17, 15) is 18.0 Å². The average Bonchev–Trinajstić information content (AvgIpc) is 2.59. The van der Waals surface area contributed by atoms with Crippen LogP contribution in [0.5, 0.6) is 0 Å². The van der Waals surface area contributed by atoms with E-state index < -0.39 is 11.7 Å². The van der Waals surface area contributed by atoms with E-state index in [0.29, 0.717) is 5.56 Å². The van der Waals surface area contributed by atoms with Crippen LogP contribution in [0.15, 0.2) is 54.6 Å². The molecule has 2 aromatic carbocycles. The van der Waals surface area contributed by atoms with Gasteiger partial charge in [-0.1, -0.05) is 36.8 Å². The van der Waals surface area contributed by atoms with E-state index in [4.69, 9.17) is 0 Å². The summed E-state index contributed by atoms with van der Waals surface area (Å²) in [6.07, 6.45) is -0.949. The van der Waals surface area contributed by atoms with E-state index in [0.717, 1.165) is 43.4 Å². The number of hydrogen-bond donors (Lipinski definition) is 1. The zero-order chi connectivity index (χ0) is 18.3. The quantitative estimate of drug-likeness (QED) is 0.681. The Hall–Kier alpha value is -2.30. The Labute approximate surface area is 146 Å². The number of amides is 1. The van der Waals surface area contributed by atoms with Crippen LogP contribution in [0.4, 0.5) is 13.2 Å². The van der Waals surface area contributed by atoms with Crippen LogP contribution in [-0.4, -0.2) is 11.9 Å². The fourth-order valence-corrected chi connectivity index (χ4v) is 2.61. The first-order valence-electron chi connectivity index (χ1n) is 8.38. The van der Waals surface area contributed by atoms with Gasteiger partial charge in [-0.05, 0) is 56.0 Å². The third kappa shape index (κ3) is 6.25. The minimum absolute atomic E-state index is 0.0558. The van der Waals surface area contributed by atoms with Gasteiger partial charge in [0.25, 0.3) is 5.91 Å². The van der Waals surface area contributed by atoms with Gasteiger partial charge < -0.3 is 5.32 Å². The summed E-state index contributed by atoms with van der Waals surface area (Å²) in [6.45, 7) is 1.96. The number of hydrogen-bond acceptors (Lipinski definition) is 1.